The van der Waals surface area contributed by atoms with Crippen LogP contribution in [0.5, 0.6) is 0 Å². The fraction of sp³-hybridized carbons (Fsp3) is 0.0588. The molecule has 2 aromatic carbocycles. The lowest BCUT2D eigenvalue weighted by atomic mass is 10.2. The number of benzene rings is 2. The number of hydrogen-bond acceptors (Lipinski definition) is 4. The van der Waals surface area contributed by atoms with Crippen molar-refractivity contribution >= 4 is 52.5 Å². The van der Waals surface area contributed by atoms with Crippen molar-refractivity contribution in [2.75, 3.05) is 11.9 Å². The van der Waals surface area contributed by atoms with Crippen LogP contribution in [0.2, 0.25) is 10.0 Å². The maximum atomic E-state index is 11.8. The van der Waals surface area contributed by atoms with Gasteiger partial charge >= 0.3 is 0 Å². The minimum Gasteiger partial charge on any atom is -0.343 e. The molecule has 0 aliphatic rings. The van der Waals surface area contributed by atoms with Crippen molar-refractivity contribution in [2.45, 2.75) is 0 Å². The first kappa shape index (κ1) is 19.4. The zero-order valence-electron chi connectivity index (χ0n) is 13.2. The summed E-state index contributed by atoms with van der Waals surface area (Å²) in [7, 11) is 0. The summed E-state index contributed by atoms with van der Waals surface area (Å²) in [5.41, 5.74) is 0.750. The predicted molar refractivity (Wildman–Crippen MR) is 100 cm³/mol. The van der Waals surface area contributed by atoms with E-state index in [-0.39, 0.29) is 12.2 Å². The van der Waals surface area contributed by atoms with Crippen molar-refractivity contribution in [1.82, 2.24) is 5.32 Å². The average molecular weight is 394 g/mol. The lowest BCUT2D eigenvalue weighted by Gasteiger charge is -2.08. The number of nitrogens with one attached hydrogen (secondary N) is 2. The molecule has 7 nitrogen and oxygen atoms in total. The van der Waals surface area contributed by atoms with Crippen LogP contribution in [0.4, 0.5) is 11.4 Å². The molecule has 134 valence electrons. The van der Waals surface area contributed by atoms with E-state index in [0.717, 1.165) is 0 Å². The van der Waals surface area contributed by atoms with Gasteiger partial charge in [0.2, 0.25) is 11.8 Å². The highest BCUT2D eigenvalue weighted by Crippen LogP contribution is 2.25. The molecule has 0 saturated heterocycles. The van der Waals surface area contributed by atoms with E-state index in [1.807, 2.05) is 0 Å². The highest BCUT2D eigenvalue weighted by atomic mass is 35.5. The first-order valence-corrected chi connectivity index (χ1v) is 8.06. The smallest absolute Gasteiger partial charge is 0.270 e. The highest BCUT2D eigenvalue weighted by Gasteiger charge is 2.08. The molecule has 2 aromatic rings. The second kappa shape index (κ2) is 8.98. The van der Waals surface area contributed by atoms with E-state index in [1.165, 1.54) is 36.4 Å². The van der Waals surface area contributed by atoms with Crippen LogP contribution in [0.3, 0.4) is 0 Å². The molecule has 0 heterocycles. The van der Waals surface area contributed by atoms with Crippen molar-refractivity contribution in [2.24, 2.45) is 0 Å². The van der Waals surface area contributed by atoms with Gasteiger partial charge in [0.25, 0.3) is 5.69 Å². The number of nitrogens with zero attached hydrogens (tertiary/aromatic N) is 1. The molecule has 2 amide bonds. The number of halogens is 2. The van der Waals surface area contributed by atoms with Gasteiger partial charge in [-0.25, -0.2) is 0 Å². The molecule has 0 aliphatic heterocycles. The monoisotopic (exact) mass is 393 g/mol. The van der Waals surface area contributed by atoms with E-state index in [0.29, 0.717) is 21.3 Å². The number of nitro benzene ring substituents is 1. The van der Waals surface area contributed by atoms with Gasteiger partial charge in [-0.2, -0.15) is 0 Å². The molecule has 0 atom stereocenters. The number of nitro groups is 1. The van der Waals surface area contributed by atoms with Crippen LogP contribution >= 0.6 is 23.2 Å². The maximum Gasteiger partial charge on any atom is 0.270 e. The van der Waals surface area contributed by atoms with Crippen LogP contribution in [0, 0.1) is 10.1 Å². The minimum absolute atomic E-state index is 0.0784. The molecule has 9 heteroatoms. The fourth-order valence-corrected chi connectivity index (χ4v) is 2.26. The largest absolute Gasteiger partial charge is 0.343 e. The topological polar surface area (TPSA) is 101 Å². The Kier molecular flexibility index (Phi) is 6.71. The quantitative estimate of drug-likeness (QED) is 0.443. The van der Waals surface area contributed by atoms with Gasteiger partial charge < -0.3 is 10.6 Å². The first-order chi connectivity index (χ1) is 12.3. The van der Waals surface area contributed by atoms with Gasteiger partial charge in [-0.1, -0.05) is 35.3 Å². The summed E-state index contributed by atoms with van der Waals surface area (Å²) in [4.78, 5) is 33.8. The van der Waals surface area contributed by atoms with Crippen LogP contribution < -0.4 is 10.6 Å². The van der Waals surface area contributed by atoms with Crippen LogP contribution in [0.1, 0.15) is 5.56 Å². The molecule has 26 heavy (non-hydrogen) atoms. The molecular formula is C17H13Cl2N3O4. The summed E-state index contributed by atoms with van der Waals surface area (Å²) in [6.07, 6.45) is 2.59. The number of non-ortho nitro benzene ring substituents is 1. The summed E-state index contributed by atoms with van der Waals surface area (Å²) in [5, 5.41) is 16.4. The Balaban J connectivity index is 1.88. The Hall–Kier alpha value is -2.90. The molecule has 0 saturated carbocycles. The Labute approximate surface area is 158 Å². The average Bonchev–Trinajstić information content (AvgIpc) is 2.61. The molecule has 0 spiro atoms. The lowest BCUT2D eigenvalue weighted by molar-refractivity contribution is -0.384. The number of amides is 2. The molecule has 2 N–H and O–H groups in total. The SMILES string of the molecule is O=C(/C=C/c1cccc([N+](=O)[O-])c1)NCC(=O)Nc1cc(Cl)ccc1Cl. The van der Waals surface area contributed by atoms with Gasteiger partial charge in [0.1, 0.15) is 0 Å². The number of hydrogen-bond donors (Lipinski definition) is 2. The summed E-state index contributed by atoms with van der Waals surface area (Å²) in [6, 6.07) is 10.4. The summed E-state index contributed by atoms with van der Waals surface area (Å²) < 4.78 is 0. The zero-order valence-corrected chi connectivity index (χ0v) is 14.8. The molecule has 0 unspecified atom stereocenters. The van der Waals surface area contributed by atoms with Crippen LogP contribution in [-0.2, 0) is 9.59 Å². The first-order valence-electron chi connectivity index (χ1n) is 7.30. The zero-order chi connectivity index (χ0) is 19.1. The molecule has 0 fully saturated rings. The van der Waals surface area contributed by atoms with Crippen molar-refractivity contribution < 1.29 is 14.5 Å². The predicted octanol–water partition coefficient (Wildman–Crippen LogP) is 3.67. The third-order valence-corrected chi connectivity index (χ3v) is 3.70. The van der Waals surface area contributed by atoms with Crippen LogP contribution in [0.25, 0.3) is 6.08 Å². The Morgan fingerprint density at radius 2 is 1.92 bits per heavy atom. The number of carbonyl (C=O) groups excluding carboxylic acids is 2. The van der Waals surface area contributed by atoms with Crippen molar-refractivity contribution in [1.29, 1.82) is 0 Å². The highest BCUT2D eigenvalue weighted by molar-refractivity contribution is 6.35. The summed E-state index contributed by atoms with van der Waals surface area (Å²) in [6.45, 7) is -0.277. The molecule has 2 rings (SSSR count). The van der Waals surface area contributed by atoms with Crippen LogP contribution in [-0.4, -0.2) is 23.3 Å². The standard InChI is InChI=1S/C17H13Cl2N3O4/c18-12-5-6-14(19)15(9-12)21-17(24)10-20-16(23)7-4-11-2-1-3-13(8-11)22(25)26/h1-9H,10H2,(H,20,23)(H,21,24)/b7-4+. The number of anilines is 1. The van der Waals surface area contributed by atoms with Gasteiger partial charge in [0, 0.05) is 23.2 Å². The van der Waals surface area contributed by atoms with E-state index < -0.39 is 16.7 Å². The number of carbonyl (C=O) groups is 2. The summed E-state index contributed by atoms with van der Waals surface area (Å²) >= 11 is 11.8. The van der Waals surface area contributed by atoms with Crippen LogP contribution in [0.15, 0.2) is 48.5 Å². The molecule has 0 aromatic heterocycles. The fourth-order valence-electron chi connectivity index (χ4n) is 1.93. The Morgan fingerprint density at radius 1 is 1.15 bits per heavy atom. The number of rotatable bonds is 6. The maximum absolute atomic E-state index is 11.8. The summed E-state index contributed by atoms with van der Waals surface area (Å²) in [5.74, 6) is -1.00. The van der Waals surface area contributed by atoms with E-state index in [9.17, 15) is 19.7 Å². The van der Waals surface area contributed by atoms with E-state index in [1.54, 1.807) is 18.2 Å². The van der Waals surface area contributed by atoms with Gasteiger partial charge in [0.15, 0.2) is 0 Å². The Morgan fingerprint density at radius 3 is 2.65 bits per heavy atom. The molecule has 0 bridgehead atoms. The third kappa shape index (κ3) is 5.87. The second-order valence-corrected chi connectivity index (χ2v) is 5.92. The molecular weight excluding hydrogens is 381 g/mol. The van der Waals surface area contributed by atoms with Crippen molar-refractivity contribution in [3.63, 3.8) is 0 Å². The minimum atomic E-state index is -0.525. The molecule has 0 radical (unpaired) electrons. The van der Waals surface area contributed by atoms with Gasteiger partial charge in [-0.3, -0.25) is 19.7 Å². The second-order valence-electron chi connectivity index (χ2n) is 5.08. The third-order valence-electron chi connectivity index (χ3n) is 3.13. The normalized spacial score (nSPS) is 10.5. The van der Waals surface area contributed by atoms with Crippen molar-refractivity contribution in [3.8, 4) is 0 Å². The lowest BCUT2D eigenvalue weighted by Crippen LogP contribution is -2.31. The van der Waals surface area contributed by atoms with E-state index in [4.69, 9.17) is 23.2 Å². The van der Waals surface area contributed by atoms with E-state index in [2.05, 4.69) is 10.6 Å². The Bertz CT molecular complexity index is 884. The van der Waals surface area contributed by atoms with Gasteiger partial charge in [0.05, 0.1) is 22.2 Å². The molecule has 0 aliphatic carbocycles. The van der Waals surface area contributed by atoms with E-state index >= 15 is 0 Å². The van der Waals surface area contributed by atoms with Crippen molar-refractivity contribution in [3.05, 3.63) is 74.3 Å². The van der Waals surface area contributed by atoms with Gasteiger partial charge in [-0.05, 0) is 29.8 Å². The van der Waals surface area contributed by atoms with Gasteiger partial charge in [-0.15, -0.1) is 0 Å².